The molecule has 0 unspecified atom stereocenters. The minimum atomic E-state index is -0.290. The van der Waals surface area contributed by atoms with Crippen molar-refractivity contribution in [2.75, 3.05) is 12.4 Å². The van der Waals surface area contributed by atoms with Gasteiger partial charge >= 0.3 is 0 Å². The smallest absolute Gasteiger partial charge is 0.275 e. The summed E-state index contributed by atoms with van der Waals surface area (Å²) in [4.78, 5) is 11.4. The molecule has 28 heavy (non-hydrogen) atoms. The van der Waals surface area contributed by atoms with Crippen molar-refractivity contribution >= 4 is 22.1 Å². The quantitative estimate of drug-likeness (QED) is 0.370. The van der Waals surface area contributed by atoms with Crippen molar-refractivity contribution in [3.63, 3.8) is 0 Å². The Morgan fingerprint density at radius 3 is 2.75 bits per heavy atom. The van der Waals surface area contributed by atoms with Gasteiger partial charge in [-0.2, -0.15) is 0 Å². The highest BCUT2D eigenvalue weighted by Gasteiger charge is 2.43. The van der Waals surface area contributed by atoms with E-state index < -0.39 is 0 Å². The number of nitrogens with zero attached hydrogens (tertiary/aromatic N) is 1. The zero-order valence-electron chi connectivity index (χ0n) is 15.5. The number of nitrogens with one attached hydrogen (secondary N) is 1. The zero-order valence-corrected chi connectivity index (χ0v) is 15.5. The van der Waals surface area contributed by atoms with Gasteiger partial charge in [0.1, 0.15) is 5.75 Å². The van der Waals surface area contributed by atoms with Crippen molar-refractivity contribution in [1.82, 2.24) is 0 Å². The molecule has 0 amide bonds. The summed E-state index contributed by atoms with van der Waals surface area (Å²) in [5, 5.41) is 17.7. The molecule has 0 saturated carbocycles. The molecular weight excluding hydrogens is 352 g/mol. The predicted octanol–water partition coefficient (Wildman–Crippen LogP) is 5.58. The third-order valence-electron chi connectivity index (χ3n) is 6.03. The highest BCUT2D eigenvalue weighted by Crippen LogP contribution is 2.55. The molecular formula is C23H20N2O3. The van der Waals surface area contributed by atoms with Gasteiger partial charge in [-0.1, -0.05) is 54.6 Å². The highest BCUT2D eigenvalue weighted by molar-refractivity contribution is 5.87. The summed E-state index contributed by atoms with van der Waals surface area (Å²) >= 11 is 0. The summed E-state index contributed by atoms with van der Waals surface area (Å²) in [6.45, 7) is 0. The van der Waals surface area contributed by atoms with E-state index in [9.17, 15) is 10.1 Å². The lowest BCUT2D eigenvalue weighted by Gasteiger charge is -2.38. The lowest BCUT2D eigenvalue weighted by molar-refractivity contribution is -0.385. The monoisotopic (exact) mass is 372 g/mol. The van der Waals surface area contributed by atoms with Gasteiger partial charge in [0.2, 0.25) is 0 Å². The van der Waals surface area contributed by atoms with Crippen LogP contribution in [0.4, 0.5) is 11.4 Å². The van der Waals surface area contributed by atoms with E-state index in [1.165, 1.54) is 16.3 Å². The molecule has 5 heteroatoms. The van der Waals surface area contributed by atoms with Gasteiger partial charge in [-0.25, -0.2) is 0 Å². The fourth-order valence-corrected chi connectivity index (χ4v) is 4.82. The van der Waals surface area contributed by atoms with Crippen molar-refractivity contribution in [3.8, 4) is 5.75 Å². The Hall–Kier alpha value is -3.34. The molecule has 0 aromatic heterocycles. The van der Waals surface area contributed by atoms with E-state index in [-0.39, 0.29) is 28.5 Å². The first-order chi connectivity index (χ1) is 13.7. The van der Waals surface area contributed by atoms with E-state index in [1.807, 2.05) is 6.07 Å². The molecule has 140 valence electrons. The number of ether oxygens (including phenoxy) is 1. The fraction of sp³-hybridized carbons (Fsp3) is 0.217. The topological polar surface area (TPSA) is 64.4 Å². The minimum Gasteiger partial charge on any atom is -0.495 e. The fourth-order valence-electron chi connectivity index (χ4n) is 4.82. The molecule has 5 rings (SSSR count). The molecule has 3 aromatic carbocycles. The Bertz CT molecular complexity index is 1120. The molecule has 2 aliphatic rings. The summed E-state index contributed by atoms with van der Waals surface area (Å²) in [7, 11) is 1.60. The number of methoxy groups -OCH3 is 1. The van der Waals surface area contributed by atoms with E-state index >= 15 is 0 Å². The van der Waals surface area contributed by atoms with Crippen LogP contribution in [0.3, 0.4) is 0 Å². The first-order valence-corrected chi connectivity index (χ1v) is 9.45. The summed E-state index contributed by atoms with van der Waals surface area (Å²) in [6, 6.07) is 18.0. The molecule has 0 bridgehead atoms. The van der Waals surface area contributed by atoms with E-state index in [1.54, 1.807) is 19.2 Å². The maximum absolute atomic E-state index is 11.7. The number of fused-ring (bicyclic) bond motifs is 4. The standard InChI is InChI=1S/C23H20N2O3/c1-28-20-13-12-19(25(26)27)21-16-9-5-11-18(16)22(24-23(20)21)17-10-4-7-14-6-2-3-8-15(14)17/h2-10,12-13,16,18,22,24H,11H2,1H3/t16-,18+,22+/m0/s1. The lowest BCUT2D eigenvalue weighted by Crippen LogP contribution is -2.30. The van der Waals surface area contributed by atoms with Crippen LogP contribution in [0.5, 0.6) is 5.75 Å². The molecule has 5 nitrogen and oxygen atoms in total. The van der Waals surface area contributed by atoms with Gasteiger partial charge in [-0.15, -0.1) is 0 Å². The SMILES string of the molecule is COc1ccc([N+](=O)[O-])c2c1N[C@H](c1cccc3ccccc13)[C@@H]1CC=C[C@H]21. The number of hydrogen-bond donors (Lipinski definition) is 1. The summed E-state index contributed by atoms with van der Waals surface area (Å²) in [5.41, 5.74) is 2.85. The number of allylic oxidation sites excluding steroid dienone is 2. The van der Waals surface area contributed by atoms with E-state index in [2.05, 4.69) is 53.9 Å². The average Bonchev–Trinajstić information content (AvgIpc) is 3.22. The van der Waals surface area contributed by atoms with E-state index in [0.717, 1.165) is 17.7 Å². The number of anilines is 1. The number of hydrogen-bond acceptors (Lipinski definition) is 4. The van der Waals surface area contributed by atoms with Crippen LogP contribution in [0.25, 0.3) is 10.8 Å². The van der Waals surface area contributed by atoms with Gasteiger partial charge in [-0.05, 0) is 34.7 Å². The molecule has 1 aliphatic carbocycles. The Kier molecular flexibility index (Phi) is 3.83. The molecule has 1 aliphatic heterocycles. The molecule has 3 atom stereocenters. The first-order valence-electron chi connectivity index (χ1n) is 9.45. The molecule has 3 aromatic rings. The van der Waals surface area contributed by atoms with Gasteiger partial charge in [-0.3, -0.25) is 10.1 Å². The third-order valence-corrected chi connectivity index (χ3v) is 6.03. The third kappa shape index (κ3) is 2.39. The number of rotatable bonds is 3. The second kappa shape index (κ2) is 6.37. The molecule has 0 radical (unpaired) electrons. The van der Waals surface area contributed by atoms with Crippen LogP contribution in [0.15, 0.2) is 66.7 Å². The largest absolute Gasteiger partial charge is 0.495 e. The number of nitro benzene ring substituents is 1. The normalized spacial score (nSPS) is 22.4. The maximum atomic E-state index is 11.7. The lowest BCUT2D eigenvalue weighted by atomic mass is 9.75. The van der Waals surface area contributed by atoms with Crippen molar-refractivity contribution in [3.05, 3.63) is 88.0 Å². The van der Waals surface area contributed by atoms with Crippen LogP contribution in [-0.4, -0.2) is 12.0 Å². The first kappa shape index (κ1) is 16.8. The van der Waals surface area contributed by atoms with Gasteiger partial charge < -0.3 is 10.1 Å². The van der Waals surface area contributed by atoms with Gasteiger partial charge in [0.25, 0.3) is 5.69 Å². The Labute approximate surface area is 162 Å². The average molecular weight is 372 g/mol. The second-order valence-electron chi connectivity index (χ2n) is 7.38. The Morgan fingerprint density at radius 2 is 1.93 bits per heavy atom. The minimum absolute atomic E-state index is 0.00396. The van der Waals surface area contributed by atoms with Gasteiger partial charge in [0.15, 0.2) is 0 Å². The van der Waals surface area contributed by atoms with Crippen molar-refractivity contribution in [2.24, 2.45) is 5.92 Å². The second-order valence-corrected chi connectivity index (χ2v) is 7.38. The van der Waals surface area contributed by atoms with Crippen LogP contribution in [-0.2, 0) is 0 Å². The molecule has 0 fully saturated rings. The van der Waals surface area contributed by atoms with Crippen LogP contribution < -0.4 is 10.1 Å². The van der Waals surface area contributed by atoms with Crippen LogP contribution in [0, 0.1) is 16.0 Å². The van der Waals surface area contributed by atoms with Crippen LogP contribution >= 0.6 is 0 Å². The molecule has 0 saturated heterocycles. The van der Waals surface area contributed by atoms with Crippen molar-refractivity contribution in [1.29, 1.82) is 0 Å². The Balaban J connectivity index is 1.73. The summed E-state index contributed by atoms with van der Waals surface area (Å²) in [6.07, 6.45) is 5.15. The van der Waals surface area contributed by atoms with E-state index in [4.69, 9.17) is 4.74 Å². The van der Waals surface area contributed by atoms with Crippen molar-refractivity contribution in [2.45, 2.75) is 18.4 Å². The van der Waals surface area contributed by atoms with Crippen LogP contribution in [0.2, 0.25) is 0 Å². The molecule has 1 N–H and O–H groups in total. The highest BCUT2D eigenvalue weighted by atomic mass is 16.6. The summed E-state index contributed by atoms with van der Waals surface area (Å²) in [5.74, 6) is 0.865. The van der Waals surface area contributed by atoms with E-state index in [0.29, 0.717) is 5.75 Å². The van der Waals surface area contributed by atoms with Crippen LogP contribution in [0.1, 0.15) is 29.5 Å². The number of benzene rings is 3. The van der Waals surface area contributed by atoms with Crippen molar-refractivity contribution < 1.29 is 9.66 Å². The number of nitro groups is 1. The van der Waals surface area contributed by atoms with Gasteiger partial charge in [0.05, 0.1) is 29.3 Å². The predicted molar refractivity (Wildman–Crippen MR) is 110 cm³/mol. The summed E-state index contributed by atoms with van der Waals surface area (Å²) < 4.78 is 5.56. The molecule has 1 heterocycles. The zero-order chi connectivity index (χ0) is 19.3. The maximum Gasteiger partial charge on any atom is 0.275 e. The van der Waals surface area contributed by atoms with Gasteiger partial charge in [0, 0.05) is 12.0 Å². The Morgan fingerprint density at radius 1 is 1.11 bits per heavy atom. The molecule has 0 spiro atoms.